The summed E-state index contributed by atoms with van der Waals surface area (Å²) in [6, 6.07) is 12.6. The summed E-state index contributed by atoms with van der Waals surface area (Å²) in [6.07, 6.45) is 2.58. The van der Waals surface area contributed by atoms with Crippen molar-refractivity contribution in [1.29, 1.82) is 0 Å². The lowest BCUT2D eigenvalue weighted by Gasteiger charge is -2.12. The number of halogens is 2. The van der Waals surface area contributed by atoms with Crippen LogP contribution in [0.15, 0.2) is 40.9 Å². The molecule has 1 N–H and O–H groups in total. The van der Waals surface area contributed by atoms with E-state index in [0.29, 0.717) is 16.8 Å². The topological polar surface area (TPSA) is 21.3 Å². The number of ether oxygens (including phenoxy) is 1. The Balaban J connectivity index is 1.72. The summed E-state index contributed by atoms with van der Waals surface area (Å²) in [6.45, 7) is 2.88. The molecule has 0 aromatic heterocycles. The van der Waals surface area contributed by atoms with Crippen molar-refractivity contribution in [3.8, 4) is 11.5 Å². The van der Waals surface area contributed by atoms with Crippen LogP contribution in [-0.2, 0) is 6.54 Å². The Kier molecular flexibility index (Phi) is 4.53. The molecule has 2 aromatic rings. The highest BCUT2D eigenvalue weighted by Crippen LogP contribution is 2.33. The molecule has 0 radical (unpaired) electrons. The molecule has 2 aromatic carbocycles. The van der Waals surface area contributed by atoms with E-state index >= 15 is 0 Å². The lowest BCUT2D eigenvalue weighted by atomic mass is 10.2. The van der Waals surface area contributed by atoms with Gasteiger partial charge in [0.15, 0.2) is 0 Å². The van der Waals surface area contributed by atoms with Crippen molar-refractivity contribution in [3.63, 3.8) is 0 Å². The largest absolute Gasteiger partial charge is 0.456 e. The van der Waals surface area contributed by atoms with Gasteiger partial charge in [0.1, 0.15) is 11.5 Å². The highest BCUT2D eigenvalue weighted by Gasteiger charge is 2.20. The van der Waals surface area contributed by atoms with Gasteiger partial charge < -0.3 is 10.1 Å². The van der Waals surface area contributed by atoms with Crippen molar-refractivity contribution in [2.75, 3.05) is 0 Å². The summed E-state index contributed by atoms with van der Waals surface area (Å²) < 4.78 is 6.96. The van der Waals surface area contributed by atoms with E-state index in [4.69, 9.17) is 16.3 Å². The fourth-order valence-corrected chi connectivity index (χ4v) is 2.85. The predicted octanol–water partition coefficient (Wildman–Crippen LogP) is 5.46. The highest BCUT2D eigenvalue weighted by molar-refractivity contribution is 9.10. The second-order valence-corrected chi connectivity index (χ2v) is 6.75. The van der Waals surface area contributed by atoms with Gasteiger partial charge in [-0.25, -0.2) is 0 Å². The molecule has 21 heavy (non-hydrogen) atoms. The molecular weight excluding hydrogens is 350 g/mol. The standard InChI is InChI=1S/C17H17BrClNO/c1-11-8-13(18)3-7-16(11)21-17-6-2-12(9-15(17)19)10-20-14-4-5-14/h2-3,6-9,14,20H,4-5,10H2,1H3. The Hall–Kier alpha value is -1.03. The zero-order valence-corrected chi connectivity index (χ0v) is 14.2. The van der Waals surface area contributed by atoms with E-state index in [1.807, 2.05) is 37.3 Å². The van der Waals surface area contributed by atoms with Crippen LogP contribution in [0.3, 0.4) is 0 Å². The van der Waals surface area contributed by atoms with Crippen molar-refractivity contribution in [1.82, 2.24) is 5.32 Å². The van der Waals surface area contributed by atoms with E-state index in [9.17, 15) is 0 Å². The maximum atomic E-state index is 6.33. The van der Waals surface area contributed by atoms with E-state index in [1.165, 1.54) is 18.4 Å². The minimum Gasteiger partial charge on any atom is -0.456 e. The number of hydrogen-bond donors (Lipinski definition) is 1. The Morgan fingerprint density at radius 2 is 1.95 bits per heavy atom. The zero-order chi connectivity index (χ0) is 14.8. The fourth-order valence-electron chi connectivity index (χ4n) is 2.13. The van der Waals surface area contributed by atoms with Crippen LogP contribution in [0.1, 0.15) is 24.0 Å². The Morgan fingerprint density at radius 1 is 1.19 bits per heavy atom. The maximum absolute atomic E-state index is 6.33. The van der Waals surface area contributed by atoms with Crippen molar-refractivity contribution in [2.45, 2.75) is 32.4 Å². The zero-order valence-electron chi connectivity index (χ0n) is 11.8. The summed E-state index contributed by atoms with van der Waals surface area (Å²) in [4.78, 5) is 0. The van der Waals surface area contributed by atoms with E-state index in [0.717, 1.165) is 22.3 Å². The highest BCUT2D eigenvalue weighted by atomic mass is 79.9. The van der Waals surface area contributed by atoms with Crippen molar-refractivity contribution >= 4 is 27.5 Å². The van der Waals surface area contributed by atoms with E-state index in [1.54, 1.807) is 0 Å². The first-order valence-corrected chi connectivity index (χ1v) is 8.25. The lowest BCUT2D eigenvalue weighted by Crippen LogP contribution is -2.15. The summed E-state index contributed by atoms with van der Waals surface area (Å²) in [5, 5.41) is 4.13. The van der Waals surface area contributed by atoms with Crippen LogP contribution in [0.25, 0.3) is 0 Å². The minimum absolute atomic E-state index is 0.646. The molecule has 1 aliphatic carbocycles. The molecule has 0 bridgehead atoms. The third kappa shape index (κ3) is 4.00. The number of nitrogens with one attached hydrogen (secondary N) is 1. The normalized spacial score (nSPS) is 14.2. The summed E-state index contributed by atoms with van der Waals surface area (Å²) in [7, 11) is 0. The van der Waals surface area contributed by atoms with Crippen LogP contribution in [0.4, 0.5) is 0 Å². The van der Waals surface area contributed by atoms with E-state index in [-0.39, 0.29) is 0 Å². The molecule has 3 rings (SSSR count). The van der Waals surface area contributed by atoms with E-state index in [2.05, 4.69) is 27.3 Å². The molecule has 0 amide bonds. The summed E-state index contributed by atoms with van der Waals surface area (Å²) in [5.74, 6) is 1.52. The Bertz CT molecular complexity index is 655. The first-order valence-electron chi connectivity index (χ1n) is 7.07. The van der Waals surface area contributed by atoms with Crippen molar-refractivity contribution in [3.05, 3.63) is 57.0 Å². The van der Waals surface area contributed by atoms with Gasteiger partial charge in [0.25, 0.3) is 0 Å². The maximum Gasteiger partial charge on any atom is 0.146 e. The van der Waals surface area contributed by atoms with E-state index < -0.39 is 0 Å². The summed E-state index contributed by atoms with van der Waals surface area (Å²) in [5.41, 5.74) is 2.26. The molecule has 0 saturated heterocycles. The monoisotopic (exact) mass is 365 g/mol. The van der Waals surface area contributed by atoms with Gasteiger partial charge in [0, 0.05) is 17.1 Å². The van der Waals surface area contributed by atoms with Crippen LogP contribution in [-0.4, -0.2) is 6.04 Å². The quantitative estimate of drug-likeness (QED) is 0.759. The number of benzene rings is 2. The molecule has 4 heteroatoms. The number of aryl methyl sites for hydroxylation is 1. The molecule has 1 fully saturated rings. The van der Waals surface area contributed by atoms with Crippen LogP contribution >= 0.6 is 27.5 Å². The second-order valence-electron chi connectivity index (χ2n) is 5.43. The van der Waals surface area contributed by atoms with Crippen molar-refractivity contribution in [2.24, 2.45) is 0 Å². The van der Waals surface area contributed by atoms with Gasteiger partial charge in [0.2, 0.25) is 0 Å². The molecule has 0 aliphatic heterocycles. The van der Waals surface area contributed by atoms with Gasteiger partial charge in [-0.1, -0.05) is 33.6 Å². The third-order valence-corrected chi connectivity index (χ3v) is 4.31. The van der Waals surface area contributed by atoms with Crippen LogP contribution in [0.2, 0.25) is 5.02 Å². The Morgan fingerprint density at radius 3 is 2.62 bits per heavy atom. The van der Waals surface area contributed by atoms with Gasteiger partial charge in [-0.3, -0.25) is 0 Å². The molecule has 2 nitrogen and oxygen atoms in total. The van der Waals surface area contributed by atoms with Crippen LogP contribution < -0.4 is 10.1 Å². The molecule has 1 aliphatic rings. The SMILES string of the molecule is Cc1cc(Br)ccc1Oc1ccc(CNC2CC2)cc1Cl. The van der Waals surface area contributed by atoms with Gasteiger partial charge in [-0.2, -0.15) is 0 Å². The van der Waals surface area contributed by atoms with Gasteiger partial charge in [-0.05, 0) is 61.2 Å². The fraction of sp³-hybridized carbons (Fsp3) is 0.294. The molecule has 110 valence electrons. The molecular formula is C17H17BrClNO. The molecule has 0 atom stereocenters. The first kappa shape index (κ1) is 14.9. The third-order valence-electron chi connectivity index (χ3n) is 3.53. The minimum atomic E-state index is 0.646. The number of rotatable bonds is 5. The van der Waals surface area contributed by atoms with Crippen LogP contribution in [0, 0.1) is 6.92 Å². The molecule has 0 spiro atoms. The van der Waals surface area contributed by atoms with Gasteiger partial charge >= 0.3 is 0 Å². The van der Waals surface area contributed by atoms with Gasteiger partial charge in [0.05, 0.1) is 5.02 Å². The molecule has 0 unspecified atom stereocenters. The summed E-state index contributed by atoms with van der Waals surface area (Å²) >= 11 is 9.78. The lowest BCUT2D eigenvalue weighted by molar-refractivity contribution is 0.478. The molecule has 0 heterocycles. The van der Waals surface area contributed by atoms with Crippen molar-refractivity contribution < 1.29 is 4.74 Å². The van der Waals surface area contributed by atoms with Crippen LogP contribution in [0.5, 0.6) is 11.5 Å². The Labute approximate surface area is 138 Å². The van der Waals surface area contributed by atoms with Gasteiger partial charge in [-0.15, -0.1) is 0 Å². The smallest absolute Gasteiger partial charge is 0.146 e. The molecule has 1 saturated carbocycles. The first-order chi connectivity index (χ1) is 10.1. The second kappa shape index (κ2) is 6.39. The average molecular weight is 367 g/mol. The number of hydrogen-bond acceptors (Lipinski definition) is 2. The average Bonchev–Trinajstić information content (AvgIpc) is 3.26. The predicted molar refractivity (Wildman–Crippen MR) is 90.3 cm³/mol.